The molecule has 1 unspecified atom stereocenters. The smallest absolute Gasteiger partial charge is 0.0417 e. The van der Waals surface area contributed by atoms with Crippen LogP contribution in [0.4, 0.5) is 11.4 Å². The van der Waals surface area contributed by atoms with Gasteiger partial charge in [-0.1, -0.05) is 6.07 Å². The van der Waals surface area contributed by atoms with E-state index < -0.39 is 0 Å². The molecule has 98 valence electrons. The minimum absolute atomic E-state index is 0.758. The molecule has 3 nitrogen and oxygen atoms in total. The van der Waals surface area contributed by atoms with Crippen LogP contribution in [0.2, 0.25) is 0 Å². The number of fused-ring (bicyclic) bond motifs is 1. The summed E-state index contributed by atoms with van der Waals surface area (Å²) in [5.41, 5.74) is 9.53. The highest BCUT2D eigenvalue weighted by Gasteiger charge is 2.29. The second kappa shape index (κ2) is 4.81. The molecule has 0 spiro atoms. The molecule has 1 atom stereocenters. The van der Waals surface area contributed by atoms with Crippen molar-refractivity contribution < 1.29 is 0 Å². The Morgan fingerprint density at radius 3 is 2.89 bits per heavy atom. The van der Waals surface area contributed by atoms with E-state index in [9.17, 15) is 0 Å². The zero-order valence-electron chi connectivity index (χ0n) is 11.2. The van der Waals surface area contributed by atoms with Crippen LogP contribution in [0.15, 0.2) is 18.2 Å². The third-order valence-electron chi connectivity index (χ3n) is 4.49. The lowest BCUT2D eigenvalue weighted by atomic mass is 10.1. The Kier molecular flexibility index (Phi) is 3.16. The Hall–Kier alpha value is -1.22. The van der Waals surface area contributed by atoms with Gasteiger partial charge < -0.3 is 10.6 Å². The van der Waals surface area contributed by atoms with Gasteiger partial charge in [-0.2, -0.15) is 0 Å². The monoisotopic (exact) mass is 245 g/mol. The lowest BCUT2D eigenvalue weighted by Gasteiger charge is -2.28. The van der Waals surface area contributed by atoms with Crippen LogP contribution in [0.5, 0.6) is 0 Å². The second-order valence-electron chi connectivity index (χ2n) is 5.62. The summed E-state index contributed by atoms with van der Waals surface area (Å²) in [5.74, 6) is 0. The van der Waals surface area contributed by atoms with Gasteiger partial charge in [-0.05, 0) is 50.4 Å². The largest absolute Gasteiger partial charge is 0.398 e. The van der Waals surface area contributed by atoms with Crippen molar-refractivity contribution in [3.63, 3.8) is 0 Å². The molecule has 0 radical (unpaired) electrons. The Morgan fingerprint density at radius 2 is 2.00 bits per heavy atom. The summed E-state index contributed by atoms with van der Waals surface area (Å²) in [6.07, 6.45) is 4.00. The van der Waals surface area contributed by atoms with Crippen LogP contribution >= 0.6 is 0 Å². The summed E-state index contributed by atoms with van der Waals surface area (Å²) in [4.78, 5) is 5.21. The van der Waals surface area contributed by atoms with E-state index in [1.807, 2.05) is 6.07 Å². The van der Waals surface area contributed by atoms with E-state index in [1.165, 1.54) is 50.1 Å². The first-order valence-corrected chi connectivity index (χ1v) is 7.10. The van der Waals surface area contributed by atoms with E-state index in [0.717, 1.165) is 18.3 Å². The maximum atomic E-state index is 6.04. The van der Waals surface area contributed by atoms with Crippen molar-refractivity contribution in [2.45, 2.75) is 32.2 Å². The third-order valence-corrected chi connectivity index (χ3v) is 4.49. The van der Waals surface area contributed by atoms with Gasteiger partial charge in [0.1, 0.15) is 0 Å². The normalized spacial score (nSPS) is 24.9. The van der Waals surface area contributed by atoms with Crippen LogP contribution in [-0.4, -0.2) is 37.1 Å². The molecule has 0 saturated carbocycles. The minimum Gasteiger partial charge on any atom is -0.398 e. The number of nitrogens with two attached hydrogens (primary N) is 1. The number of nitrogen functional groups attached to an aromatic ring is 1. The van der Waals surface area contributed by atoms with Crippen molar-refractivity contribution in [2.75, 3.05) is 36.8 Å². The van der Waals surface area contributed by atoms with Crippen molar-refractivity contribution in [1.29, 1.82) is 0 Å². The van der Waals surface area contributed by atoms with E-state index in [-0.39, 0.29) is 0 Å². The summed E-state index contributed by atoms with van der Waals surface area (Å²) in [6, 6.07) is 7.05. The average Bonchev–Trinajstić information content (AvgIpc) is 2.70. The van der Waals surface area contributed by atoms with Crippen LogP contribution in [0, 0.1) is 6.92 Å². The van der Waals surface area contributed by atoms with Gasteiger partial charge in [0.25, 0.3) is 0 Å². The molecule has 18 heavy (non-hydrogen) atoms. The molecule has 0 bridgehead atoms. The zero-order valence-corrected chi connectivity index (χ0v) is 11.2. The molecule has 2 heterocycles. The van der Waals surface area contributed by atoms with Gasteiger partial charge in [0.15, 0.2) is 0 Å². The molecule has 0 aromatic heterocycles. The first-order valence-electron chi connectivity index (χ1n) is 7.10. The standard InChI is InChI=1S/C15H23N3/c1-12-14(16)6-2-7-15(12)18-10-4-9-17-8-3-5-13(17)11-18/h2,6-7,13H,3-5,8-11,16H2,1H3. The van der Waals surface area contributed by atoms with Crippen molar-refractivity contribution in [1.82, 2.24) is 4.90 Å². The Morgan fingerprint density at radius 1 is 1.17 bits per heavy atom. The van der Waals surface area contributed by atoms with Crippen LogP contribution in [0.1, 0.15) is 24.8 Å². The van der Waals surface area contributed by atoms with Crippen molar-refractivity contribution in [3.8, 4) is 0 Å². The SMILES string of the molecule is Cc1c(N)cccc1N1CCCN2CCCC2C1. The van der Waals surface area contributed by atoms with Gasteiger partial charge in [-0.25, -0.2) is 0 Å². The fourth-order valence-electron chi connectivity index (χ4n) is 3.41. The molecule has 2 fully saturated rings. The first kappa shape index (κ1) is 11.8. The highest BCUT2D eigenvalue weighted by Crippen LogP contribution is 2.29. The minimum atomic E-state index is 0.758. The van der Waals surface area contributed by atoms with Crippen LogP contribution in [0.25, 0.3) is 0 Å². The van der Waals surface area contributed by atoms with E-state index in [2.05, 4.69) is 28.9 Å². The Balaban J connectivity index is 1.85. The highest BCUT2D eigenvalue weighted by atomic mass is 15.3. The zero-order chi connectivity index (χ0) is 12.5. The number of nitrogens with zero attached hydrogens (tertiary/aromatic N) is 2. The maximum absolute atomic E-state index is 6.04. The third kappa shape index (κ3) is 2.07. The van der Waals surface area contributed by atoms with Crippen LogP contribution in [-0.2, 0) is 0 Å². The van der Waals surface area contributed by atoms with Crippen molar-refractivity contribution in [2.24, 2.45) is 0 Å². The number of hydrogen-bond donors (Lipinski definition) is 1. The van der Waals surface area contributed by atoms with E-state index in [0.29, 0.717) is 0 Å². The maximum Gasteiger partial charge on any atom is 0.0417 e. The number of benzene rings is 1. The highest BCUT2D eigenvalue weighted by molar-refractivity contribution is 5.64. The molecule has 0 amide bonds. The number of anilines is 2. The summed E-state index contributed by atoms with van der Waals surface area (Å²) in [6.45, 7) is 7.04. The molecule has 3 heteroatoms. The van der Waals surface area contributed by atoms with Gasteiger partial charge in [0.05, 0.1) is 0 Å². The van der Waals surface area contributed by atoms with Gasteiger partial charge >= 0.3 is 0 Å². The average molecular weight is 245 g/mol. The predicted octanol–water partition coefficient (Wildman–Crippen LogP) is 2.25. The Bertz CT molecular complexity index is 430. The molecule has 3 rings (SSSR count). The topological polar surface area (TPSA) is 32.5 Å². The van der Waals surface area contributed by atoms with Crippen molar-refractivity contribution in [3.05, 3.63) is 23.8 Å². The van der Waals surface area contributed by atoms with Crippen LogP contribution < -0.4 is 10.6 Å². The number of rotatable bonds is 1. The summed E-state index contributed by atoms with van der Waals surface area (Å²) >= 11 is 0. The molecule has 2 saturated heterocycles. The quantitative estimate of drug-likeness (QED) is 0.770. The van der Waals surface area contributed by atoms with E-state index in [4.69, 9.17) is 5.73 Å². The van der Waals surface area contributed by atoms with Crippen LogP contribution in [0.3, 0.4) is 0 Å². The molecule has 1 aromatic rings. The molecule has 2 N–H and O–H groups in total. The molecular weight excluding hydrogens is 222 g/mol. The summed E-state index contributed by atoms with van der Waals surface area (Å²) < 4.78 is 0. The molecule has 2 aliphatic heterocycles. The number of hydrogen-bond acceptors (Lipinski definition) is 3. The summed E-state index contributed by atoms with van der Waals surface area (Å²) in [7, 11) is 0. The predicted molar refractivity (Wildman–Crippen MR) is 77.0 cm³/mol. The molecule has 0 aliphatic carbocycles. The first-order chi connectivity index (χ1) is 8.75. The molecule has 2 aliphatic rings. The van der Waals surface area contributed by atoms with E-state index >= 15 is 0 Å². The lowest BCUT2D eigenvalue weighted by Crippen LogP contribution is -2.36. The second-order valence-corrected chi connectivity index (χ2v) is 5.62. The molecular formula is C15H23N3. The molecule has 1 aromatic carbocycles. The van der Waals surface area contributed by atoms with Gasteiger partial charge in [-0.15, -0.1) is 0 Å². The Labute approximate surface area is 110 Å². The van der Waals surface area contributed by atoms with Crippen molar-refractivity contribution >= 4 is 11.4 Å². The van der Waals surface area contributed by atoms with E-state index in [1.54, 1.807) is 0 Å². The van der Waals surface area contributed by atoms with Gasteiger partial charge in [-0.3, -0.25) is 4.90 Å². The fraction of sp³-hybridized carbons (Fsp3) is 0.600. The van der Waals surface area contributed by atoms with Gasteiger partial charge in [0.2, 0.25) is 0 Å². The van der Waals surface area contributed by atoms with Gasteiger partial charge in [0, 0.05) is 37.1 Å². The lowest BCUT2D eigenvalue weighted by molar-refractivity contribution is 0.273. The fourth-order valence-corrected chi connectivity index (χ4v) is 3.41. The summed E-state index contributed by atoms with van der Waals surface area (Å²) in [5, 5.41) is 0.